The molecule has 4 nitrogen and oxygen atoms in total. The number of methoxy groups -OCH3 is 1. The highest BCUT2D eigenvalue weighted by molar-refractivity contribution is 8.02. The molecule has 0 N–H and O–H groups in total. The molecule has 0 radical (unpaired) electrons. The van der Waals surface area contributed by atoms with Crippen molar-refractivity contribution in [3.05, 3.63) is 5.01 Å². The SMILES string of the molecule is COC(=O)C(C)Sc1nnc(CC(C)C)s1. The Morgan fingerprint density at radius 1 is 1.44 bits per heavy atom. The minimum atomic E-state index is -0.232. The molecule has 6 heteroatoms. The lowest BCUT2D eigenvalue weighted by Gasteiger charge is -2.04. The maximum Gasteiger partial charge on any atom is 0.318 e. The van der Waals surface area contributed by atoms with Crippen molar-refractivity contribution < 1.29 is 9.53 Å². The van der Waals surface area contributed by atoms with Gasteiger partial charge < -0.3 is 4.74 Å². The summed E-state index contributed by atoms with van der Waals surface area (Å²) in [6, 6.07) is 0. The fraction of sp³-hybridized carbons (Fsp3) is 0.700. The number of thioether (sulfide) groups is 1. The van der Waals surface area contributed by atoms with Gasteiger partial charge in [0.2, 0.25) is 0 Å². The number of rotatable bonds is 5. The summed E-state index contributed by atoms with van der Waals surface area (Å²) >= 11 is 2.94. The Morgan fingerprint density at radius 3 is 2.69 bits per heavy atom. The first kappa shape index (κ1) is 13.4. The highest BCUT2D eigenvalue weighted by atomic mass is 32.2. The molecule has 1 aromatic heterocycles. The van der Waals surface area contributed by atoms with Crippen molar-refractivity contribution in [1.29, 1.82) is 0 Å². The zero-order chi connectivity index (χ0) is 12.1. The molecule has 0 aliphatic carbocycles. The second-order valence-corrected chi connectivity index (χ2v) is 6.49. The second kappa shape index (κ2) is 6.20. The van der Waals surface area contributed by atoms with E-state index in [1.165, 1.54) is 18.9 Å². The van der Waals surface area contributed by atoms with Crippen LogP contribution in [0.2, 0.25) is 0 Å². The Hall–Kier alpha value is -0.620. The number of hydrogen-bond donors (Lipinski definition) is 0. The van der Waals surface area contributed by atoms with Crippen LogP contribution in [0.15, 0.2) is 4.34 Å². The summed E-state index contributed by atoms with van der Waals surface area (Å²) in [5, 5.41) is 8.93. The fourth-order valence-electron chi connectivity index (χ4n) is 1.08. The van der Waals surface area contributed by atoms with Crippen LogP contribution in [-0.4, -0.2) is 28.5 Å². The van der Waals surface area contributed by atoms with Gasteiger partial charge in [-0.2, -0.15) is 0 Å². The van der Waals surface area contributed by atoms with E-state index >= 15 is 0 Å². The topological polar surface area (TPSA) is 52.1 Å². The lowest BCUT2D eigenvalue weighted by Crippen LogP contribution is -2.14. The number of ether oxygens (including phenoxy) is 1. The number of esters is 1. The Kier molecular flexibility index (Phi) is 5.21. The molecule has 0 saturated carbocycles. The van der Waals surface area contributed by atoms with Gasteiger partial charge >= 0.3 is 5.97 Å². The number of nitrogens with zero attached hydrogens (tertiary/aromatic N) is 2. The molecule has 0 amide bonds. The third-order valence-corrected chi connectivity index (χ3v) is 3.95. The van der Waals surface area contributed by atoms with E-state index in [9.17, 15) is 4.79 Å². The Bertz CT molecular complexity index is 352. The molecule has 1 aromatic rings. The maximum atomic E-state index is 11.2. The highest BCUT2D eigenvalue weighted by Crippen LogP contribution is 2.27. The molecule has 90 valence electrons. The molecule has 1 rings (SSSR count). The average Bonchev–Trinajstić information content (AvgIpc) is 2.63. The van der Waals surface area contributed by atoms with Crippen molar-refractivity contribution in [2.24, 2.45) is 5.92 Å². The maximum absolute atomic E-state index is 11.2. The number of carbonyl (C=O) groups is 1. The lowest BCUT2D eigenvalue weighted by atomic mass is 10.1. The molecule has 0 aliphatic rings. The van der Waals surface area contributed by atoms with Crippen molar-refractivity contribution in [1.82, 2.24) is 10.2 Å². The molecule has 1 unspecified atom stereocenters. The van der Waals surface area contributed by atoms with Crippen LogP contribution in [0.3, 0.4) is 0 Å². The van der Waals surface area contributed by atoms with E-state index in [4.69, 9.17) is 0 Å². The zero-order valence-electron chi connectivity index (χ0n) is 9.89. The van der Waals surface area contributed by atoms with E-state index in [-0.39, 0.29) is 11.2 Å². The molecule has 0 aromatic carbocycles. The lowest BCUT2D eigenvalue weighted by molar-refractivity contribution is -0.139. The van der Waals surface area contributed by atoms with Crippen LogP contribution >= 0.6 is 23.1 Å². The van der Waals surface area contributed by atoms with Crippen LogP contribution in [0.1, 0.15) is 25.8 Å². The van der Waals surface area contributed by atoms with Crippen molar-refractivity contribution in [3.8, 4) is 0 Å². The van der Waals surface area contributed by atoms with Gasteiger partial charge in [-0.15, -0.1) is 10.2 Å². The minimum absolute atomic E-state index is 0.231. The van der Waals surface area contributed by atoms with Gasteiger partial charge in [-0.25, -0.2) is 0 Å². The smallest absolute Gasteiger partial charge is 0.318 e. The summed E-state index contributed by atoms with van der Waals surface area (Å²) in [4.78, 5) is 11.2. The molecular formula is C10H16N2O2S2. The van der Waals surface area contributed by atoms with Crippen molar-refractivity contribution in [2.75, 3.05) is 7.11 Å². The molecule has 0 aliphatic heterocycles. The summed E-state index contributed by atoms with van der Waals surface area (Å²) in [5.41, 5.74) is 0. The first-order valence-electron chi connectivity index (χ1n) is 5.09. The van der Waals surface area contributed by atoms with Crippen LogP contribution in [0.25, 0.3) is 0 Å². The first-order valence-corrected chi connectivity index (χ1v) is 6.79. The van der Waals surface area contributed by atoms with Gasteiger partial charge in [-0.05, 0) is 12.8 Å². The van der Waals surface area contributed by atoms with Gasteiger partial charge in [0.1, 0.15) is 10.3 Å². The highest BCUT2D eigenvalue weighted by Gasteiger charge is 2.17. The Balaban J connectivity index is 2.55. The van der Waals surface area contributed by atoms with Crippen LogP contribution in [0.5, 0.6) is 0 Å². The van der Waals surface area contributed by atoms with E-state index in [1.807, 2.05) is 0 Å². The second-order valence-electron chi connectivity index (χ2n) is 3.84. The van der Waals surface area contributed by atoms with E-state index in [0.29, 0.717) is 5.92 Å². The first-order chi connectivity index (χ1) is 7.52. The van der Waals surface area contributed by atoms with Gasteiger partial charge in [0, 0.05) is 6.42 Å². The van der Waals surface area contributed by atoms with E-state index < -0.39 is 0 Å². The Labute approximate surface area is 104 Å². The number of hydrogen-bond acceptors (Lipinski definition) is 6. The van der Waals surface area contributed by atoms with Gasteiger partial charge in [-0.1, -0.05) is 36.9 Å². The summed E-state index contributed by atoms with van der Waals surface area (Å²) in [6.07, 6.45) is 0.935. The average molecular weight is 260 g/mol. The molecule has 1 heterocycles. The van der Waals surface area contributed by atoms with Gasteiger partial charge in [-0.3, -0.25) is 4.79 Å². The molecule has 1 atom stereocenters. The van der Waals surface area contributed by atoms with Gasteiger partial charge in [0.15, 0.2) is 4.34 Å². The summed E-state index contributed by atoms with van der Waals surface area (Å²) < 4.78 is 5.48. The normalized spacial score (nSPS) is 12.8. The van der Waals surface area contributed by atoms with Crippen LogP contribution < -0.4 is 0 Å². The molecule has 0 fully saturated rings. The predicted octanol–water partition coefficient (Wildman–Crippen LogP) is 2.39. The Morgan fingerprint density at radius 2 is 2.12 bits per heavy atom. The minimum Gasteiger partial charge on any atom is -0.468 e. The quantitative estimate of drug-likeness (QED) is 0.601. The third kappa shape index (κ3) is 4.09. The molecular weight excluding hydrogens is 244 g/mol. The van der Waals surface area contributed by atoms with Crippen LogP contribution in [0.4, 0.5) is 0 Å². The van der Waals surface area contributed by atoms with Crippen molar-refractivity contribution >= 4 is 29.1 Å². The van der Waals surface area contributed by atoms with E-state index in [1.54, 1.807) is 18.3 Å². The standard InChI is InChI=1S/C10H16N2O2S2/c1-6(2)5-8-11-12-10(16-8)15-7(3)9(13)14-4/h6-7H,5H2,1-4H3. The van der Waals surface area contributed by atoms with Crippen molar-refractivity contribution in [3.63, 3.8) is 0 Å². The van der Waals surface area contributed by atoms with Crippen LogP contribution in [0, 0.1) is 5.92 Å². The van der Waals surface area contributed by atoms with Crippen molar-refractivity contribution in [2.45, 2.75) is 36.8 Å². The van der Waals surface area contributed by atoms with Crippen LogP contribution in [-0.2, 0) is 16.0 Å². The molecule has 16 heavy (non-hydrogen) atoms. The summed E-state index contributed by atoms with van der Waals surface area (Å²) in [5.74, 6) is 0.342. The molecule has 0 saturated heterocycles. The van der Waals surface area contributed by atoms with E-state index in [0.717, 1.165) is 15.8 Å². The third-order valence-electron chi connectivity index (χ3n) is 1.84. The van der Waals surface area contributed by atoms with Gasteiger partial charge in [0.05, 0.1) is 7.11 Å². The summed E-state index contributed by atoms with van der Waals surface area (Å²) in [7, 11) is 1.39. The van der Waals surface area contributed by atoms with Gasteiger partial charge in [0.25, 0.3) is 0 Å². The fourth-order valence-corrected chi connectivity index (χ4v) is 3.36. The zero-order valence-corrected chi connectivity index (χ0v) is 11.5. The van der Waals surface area contributed by atoms with E-state index in [2.05, 4.69) is 28.8 Å². The molecule has 0 bridgehead atoms. The summed E-state index contributed by atoms with van der Waals surface area (Å²) in [6.45, 7) is 6.09. The predicted molar refractivity (Wildman–Crippen MR) is 65.8 cm³/mol. The molecule has 0 spiro atoms. The monoisotopic (exact) mass is 260 g/mol. The number of aromatic nitrogens is 2. The number of carbonyl (C=O) groups excluding carboxylic acids is 1. The largest absolute Gasteiger partial charge is 0.468 e.